The molecule has 0 saturated carbocycles. The van der Waals surface area contributed by atoms with E-state index in [0.717, 1.165) is 13.2 Å². The molecule has 2 rings (SSSR count). The van der Waals surface area contributed by atoms with E-state index in [0.29, 0.717) is 0 Å². The molecule has 3 nitrogen and oxygen atoms in total. The number of aromatic nitrogens is 1. The van der Waals surface area contributed by atoms with E-state index in [2.05, 4.69) is 25.7 Å². The molecule has 0 aliphatic carbocycles. The molecule has 0 radical (unpaired) electrons. The van der Waals surface area contributed by atoms with Gasteiger partial charge in [-0.3, -0.25) is 0 Å². The van der Waals surface area contributed by atoms with Crippen molar-refractivity contribution in [1.29, 1.82) is 0 Å². The standard InChI is InChI=1S/C12H6BrF4NO2/c1-20-11(19)7-8(13)5-3-2-4-6(14)9(5)18-10(7)12(15,16)17/h2-4H,1H3. The van der Waals surface area contributed by atoms with Crippen molar-refractivity contribution in [3.8, 4) is 0 Å². The van der Waals surface area contributed by atoms with E-state index in [4.69, 9.17) is 0 Å². The van der Waals surface area contributed by atoms with E-state index >= 15 is 0 Å². The molecule has 0 atom stereocenters. The molecule has 0 aliphatic heterocycles. The first kappa shape index (κ1) is 14.7. The topological polar surface area (TPSA) is 39.2 Å². The van der Waals surface area contributed by atoms with Crippen LogP contribution in [-0.4, -0.2) is 18.1 Å². The number of methoxy groups -OCH3 is 1. The second-order valence-electron chi connectivity index (χ2n) is 3.77. The highest BCUT2D eigenvalue weighted by molar-refractivity contribution is 9.10. The first-order valence-electron chi connectivity index (χ1n) is 5.20. The SMILES string of the molecule is COC(=O)c1c(C(F)(F)F)nc2c(F)cccc2c1Br. The van der Waals surface area contributed by atoms with Gasteiger partial charge in [0.2, 0.25) is 0 Å². The van der Waals surface area contributed by atoms with Crippen LogP contribution in [0.5, 0.6) is 0 Å². The third kappa shape index (κ3) is 2.35. The molecule has 1 heterocycles. The summed E-state index contributed by atoms with van der Waals surface area (Å²) in [6.07, 6.45) is -4.91. The van der Waals surface area contributed by atoms with Gasteiger partial charge >= 0.3 is 12.1 Å². The maximum atomic E-state index is 13.6. The van der Waals surface area contributed by atoms with E-state index in [1.54, 1.807) is 0 Å². The Balaban J connectivity index is 2.95. The lowest BCUT2D eigenvalue weighted by molar-refractivity contribution is -0.141. The minimum atomic E-state index is -4.91. The van der Waals surface area contributed by atoms with Crippen molar-refractivity contribution >= 4 is 32.8 Å². The zero-order valence-corrected chi connectivity index (χ0v) is 11.5. The van der Waals surface area contributed by atoms with Crippen LogP contribution in [-0.2, 0) is 10.9 Å². The van der Waals surface area contributed by atoms with Crippen LogP contribution >= 0.6 is 15.9 Å². The van der Waals surface area contributed by atoms with Gasteiger partial charge in [0.25, 0.3) is 0 Å². The van der Waals surface area contributed by atoms with E-state index in [1.165, 1.54) is 12.1 Å². The number of alkyl halides is 3. The third-order valence-electron chi connectivity index (χ3n) is 2.56. The van der Waals surface area contributed by atoms with Crippen LogP contribution in [0.15, 0.2) is 22.7 Å². The maximum absolute atomic E-state index is 13.6. The smallest absolute Gasteiger partial charge is 0.434 e. The van der Waals surface area contributed by atoms with E-state index in [1.807, 2.05) is 0 Å². The minimum absolute atomic E-state index is 0.0541. The zero-order chi connectivity index (χ0) is 15.1. The maximum Gasteiger partial charge on any atom is 0.434 e. The molecule has 8 heteroatoms. The first-order chi connectivity index (χ1) is 9.27. The Bertz CT molecular complexity index is 700. The highest BCUT2D eigenvalue weighted by Gasteiger charge is 2.40. The Labute approximate surface area is 118 Å². The van der Waals surface area contributed by atoms with Gasteiger partial charge in [0, 0.05) is 9.86 Å². The van der Waals surface area contributed by atoms with E-state index in [-0.39, 0.29) is 9.86 Å². The fraction of sp³-hybridized carbons (Fsp3) is 0.167. The van der Waals surface area contributed by atoms with Crippen molar-refractivity contribution in [2.75, 3.05) is 7.11 Å². The summed E-state index contributed by atoms with van der Waals surface area (Å²) < 4.78 is 56.6. The fourth-order valence-corrected chi connectivity index (χ4v) is 2.38. The van der Waals surface area contributed by atoms with Crippen LogP contribution in [0.3, 0.4) is 0 Å². The highest BCUT2D eigenvalue weighted by Crippen LogP contribution is 2.38. The molecule has 0 unspecified atom stereocenters. The van der Waals surface area contributed by atoms with Crippen molar-refractivity contribution in [2.45, 2.75) is 6.18 Å². The number of pyridine rings is 1. The molecule has 1 aromatic heterocycles. The molecule has 2 aromatic rings. The molecule has 106 valence electrons. The van der Waals surface area contributed by atoms with Gasteiger partial charge in [-0.1, -0.05) is 12.1 Å². The number of hydrogen-bond acceptors (Lipinski definition) is 3. The second kappa shape index (κ2) is 5.01. The number of fused-ring (bicyclic) bond motifs is 1. The van der Waals surface area contributed by atoms with Gasteiger partial charge in [-0.25, -0.2) is 14.2 Å². The predicted molar refractivity (Wildman–Crippen MR) is 65.7 cm³/mol. The molecular weight excluding hydrogens is 346 g/mol. The summed E-state index contributed by atoms with van der Waals surface area (Å²) in [7, 11) is 0.949. The number of benzene rings is 1. The van der Waals surface area contributed by atoms with Crippen LogP contribution in [0.2, 0.25) is 0 Å². The zero-order valence-electron chi connectivity index (χ0n) is 9.89. The third-order valence-corrected chi connectivity index (χ3v) is 3.38. The quantitative estimate of drug-likeness (QED) is 0.577. The van der Waals surface area contributed by atoms with Crippen molar-refractivity contribution in [3.63, 3.8) is 0 Å². The molecule has 0 fully saturated rings. The Kier molecular flexibility index (Phi) is 3.68. The Morgan fingerprint density at radius 2 is 2.00 bits per heavy atom. The van der Waals surface area contributed by atoms with Crippen molar-refractivity contribution in [3.05, 3.63) is 39.7 Å². The van der Waals surface area contributed by atoms with Crippen molar-refractivity contribution in [2.24, 2.45) is 0 Å². The summed E-state index contributed by atoms with van der Waals surface area (Å²) in [5, 5.41) is 0.0541. The van der Waals surface area contributed by atoms with Crippen LogP contribution in [0.25, 0.3) is 10.9 Å². The Morgan fingerprint density at radius 1 is 1.35 bits per heavy atom. The number of carbonyl (C=O) groups is 1. The summed E-state index contributed by atoms with van der Waals surface area (Å²) in [4.78, 5) is 14.8. The van der Waals surface area contributed by atoms with Gasteiger partial charge in [-0.2, -0.15) is 13.2 Å². The fourth-order valence-electron chi connectivity index (χ4n) is 1.71. The number of esters is 1. The van der Waals surface area contributed by atoms with Gasteiger partial charge in [0.05, 0.1) is 7.11 Å². The molecule has 0 spiro atoms. The average molecular weight is 352 g/mol. The molecule has 0 aliphatic rings. The largest absolute Gasteiger partial charge is 0.465 e. The number of rotatable bonds is 1. The van der Waals surface area contributed by atoms with Crippen LogP contribution in [0, 0.1) is 5.82 Å². The molecule has 0 saturated heterocycles. The van der Waals surface area contributed by atoms with Gasteiger partial charge < -0.3 is 4.74 Å². The average Bonchev–Trinajstić information content (AvgIpc) is 2.37. The number of carbonyl (C=O) groups excluding carboxylic acids is 1. The predicted octanol–water partition coefficient (Wildman–Crippen LogP) is 3.94. The van der Waals surface area contributed by atoms with Gasteiger partial charge in [0.1, 0.15) is 16.9 Å². The summed E-state index contributed by atoms with van der Waals surface area (Å²) >= 11 is 2.89. The number of halogens is 5. The lowest BCUT2D eigenvalue weighted by Gasteiger charge is -2.14. The second-order valence-corrected chi connectivity index (χ2v) is 4.57. The summed E-state index contributed by atoms with van der Waals surface area (Å²) in [5.74, 6) is -2.12. The molecule has 0 bridgehead atoms. The summed E-state index contributed by atoms with van der Waals surface area (Å²) in [6.45, 7) is 0. The highest BCUT2D eigenvalue weighted by atomic mass is 79.9. The Morgan fingerprint density at radius 3 is 2.55 bits per heavy atom. The van der Waals surface area contributed by atoms with Crippen LogP contribution in [0.4, 0.5) is 17.6 Å². The van der Waals surface area contributed by atoms with Crippen LogP contribution < -0.4 is 0 Å². The van der Waals surface area contributed by atoms with Gasteiger partial charge in [-0.15, -0.1) is 0 Å². The lowest BCUT2D eigenvalue weighted by atomic mass is 10.1. The minimum Gasteiger partial charge on any atom is -0.465 e. The molecule has 1 aromatic carbocycles. The monoisotopic (exact) mass is 351 g/mol. The number of ether oxygens (including phenoxy) is 1. The normalized spacial score (nSPS) is 11.7. The molecule has 0 N–H and O–H groups in total. The van der Waals surface area contributed by atoms with Gasteiger partial charge in [-0.05, 0) is 22.0 Å². The van der Waals surface area contributed by atoms with E-state index < -0.39 is 34.7 Å². The van der Waals surface area contributed by atoms with E-state index in [9.17, 15) is 22.4 Å². The Hall–Kier alpha value is -1.70. The van der Waals surface area contributed by atoms with Crippen molar-refractivity contribution < 1.29 is 27.1 Å². The van der Waals surface area contributed by atoms with Gasteiger partial charge in [0.15, 0.2) is 5.69 Å². The molecular formula is C12H6BrF4NO2. The van der Waals surface area contributed by atoms with Crippen LogP contribution in [0.1, 0.15) is 16.1 Å². The first-order valence-corrected chi connectivity index (χ1v) is 6.00. The summed E-state index contributed by atoms with van der Waals surface area (Å²) in [5.41, 5.74) is -2.74. The van der Waals surface area contributed by atoms with Crippen molar-refractivity contribution in [1.82, 2.24) is 4.98 Å². The summed E-state index contributed by atoms with van der Waals surface area (Å²) in [6, 6.07) is 3.64. The molecule has 20 heavy (non-hydrogen) atoms. The molecule has 0 amide bonds. The lowest BCUT2D eigenvalue weighted by Crippen LogP contribution is -2.18. The number of para-hydroxylation sites is 1. The number of nitrogens with zero attached hydrogens (tertiary/aromatic N) is 1. The number of hydrogen-bond donors (Lipinski definition) is 0.